The molecule has 0 spiro atoms. The lowest BCUT2D eigenvalue weighted by molar-refractivity contribution is -0.131. The van der Waals surface area contributed by atoms with Gasteiger partial charge in [-0.05, 0) is 26.3 Å². The molecule has 2 amide bonds. The second-order valence-electron chi connectivity index (χ2n) is 4.94. The molecule has 1 aliphatic heterocycles. The summed E-state index contributed by atoms with van der Waals surface area (Å²) in [5.74, 6) is -0.433. The van der Waals surface area contributed by atoms with E-state index in [1.807, 2.05) is 13.8 Å². The minimum Gasteiger partial charge on any atom is -0.373 e. The fourth-order valence-electron chi connectivity index (χ4n) is 1.85. The standard InChI is InChI=1S/C12H20N2O3/c1-5-11(16)14(4)7-10(15)13-9-6-12(2,3)17-8-9/h5,9H,1,6-8H2,2-4H3,(H,13,15). The Morgan fingerprint density at radius 2 is 2.24 bits per heavy atom. The zero-order valence-electron chi connectivity index (χ0n) is 10.7. The van der Waals surface area contributed by atoms with Gasteiger partial charge in [0, 0.05) is 7.05 Å². The molecule has 0 aromatic rings. The highest BCUT2D eigenvalue weighted by Crippen LogP contribution is 2.24. The van der Waals surface area contributed by atoms with Gasteiger partial charge in [0.15, 0.2) is 0 Å². The minimum absolute atomic E-state index is 0.0322. The molecule has 0 aromatic carbocycles. The van der Waals surface area contributed by atoms with E-state index >= 15 is 0 Å². The van der Waals surface area contributed by atoms with E-state index in [4.69, 9.17) is 4.74 Å². The van der Waals surface area contributed by atoms with Gasteiger partial charge in [-0.15, -0.1) is 0 Å². The van der Waals surface area contributed by atoms with Crippen LogP contribution in [0.15, 0.2) is 12.7 Å². The smallest absolute Gasteiger partial charge is 0.246 e. The lowest BCUT2D eigenvalue weighted by Crippen LogP contribution is -2.42. The zero-order chi connectivity index (χ0) is 13.1. The van der Waals surface area contributed by atoms with Crippen molar-refractivity contribution in [2.24, 2.45) is 0 Å². The van der Waals surface area contributed by atoms with Gasteiger partial charge in [0.2, 0.25) is 11.8 Å². The number of hydrogen-bond donors (Lipinski definition) is 1. The van der Waals surface area contributed by atoms with Crippen molar-refractivity contribution in [3.8, 4) is 0 Å². The Labute approximate surface area is 102 Å². The van der Waals surface area contributed by atoms with Crippen LogP contribution in [0.2, 0.25) is 0 Å². The Morgan fingerprint density at radius 3 is 2.71 bits per heavy atom. The average molecular weight is 240 g/mol. The first kappa shape index (κ1) is 13.7. The van der Waals surface area contributed by atoms with E-state index in [9.17, 15) is 9.59 Å². The third kappa shape index (κ3) is 4.19. The Balaban J connectivity index is 2.36. The maximum absolute atomic E-state index is 11.6. The summed E-state index contributed by atoms with van der Waals surface area (Å²) >= 11 is 0. The number of likely N-dealkylation sites (N-methyl/N-ethyl adjacent to an activating group) is 1. The van der Waals surface area contributed by atoms with E-state index in [2.05, 4.69) is 11.9 Å². The molecular weight excluding hydrogens is 220 g/mol. The lowest BCUT2D eigenvalue weighted by Gasteiger charge is -2.18. The van der Waals surface area contributed by atoms with E-state index in [1.54, 1.807) is 7.05 Å². The number of nitrogens with one attached hydrogen (secondary N) is 1. The number of amides is 2. The predicted molar refractivity (Wildman–Crippen MR) is 64.4 cm³/mol. The van der Waals surface area contributed by atoms with Crippen molar-refractivity contribution in [3.05, 3.63) is 12.7 Å². The molecule has 0 aromatic heterocycles. The lowest BCUT2D eigenvalue weighted by atomic mass is 10.0. The van der Waals surface area contributed by atoms with Gasteiger partial charge in [0.25, 0.3) is 0 Å². The van der Waals surface area contributed by atoms with Gasteiger partial charge in [0.1, 0.15) is 0 Å². The molecule has 1 aliphatic rings. The normalized spacial score (nSPS) is 21.9. The number of hydrogen-bond acceptors (Lipinski definition) is 3. The van der Waals surface area contributed by atoms with Crippen LogP contribution in [-0.4, -0.2) is 48.6 Å². The summed E-state index contributed by atoms with van der Waals surface area (Å²) in [6.45, 7) is 7.92. The third-order valence-corrected chi connectivity index (χ3v) is 2.71. The van der Waals surface area contributed by atoms with Crippen LogP contribution in [0.25, 0.3) is 0 Å². The van der Waals surface area contributed by atoms with Gasteiger partial charge in [-0.25, -0.2) is 0 Å². The van der Waals surface area contributed by atoms with Gasteiger partial charge in [-0.3, -0.25) is 9.59 Å². The van der Waals surface area contributed by atoms with Crippen LogP contribution < -0.4 is 5.32 Å². The molecule has 1 atom stereocenters. The molecule has 1 rings (SSSR count). The molecule has 96 valence electrons. The third-order valence-electron chi connectivity index (χ3n) is 2.71. The molecule has 5 nitrogen and oxygen atoms in total. The van der Waals surface area contributed by atoms with E-state index in [-0.39, 0.29) is 30.0 Å². The van der Waals surface area contributed by atoms with Crippen LogP contribution in [-0.2, 0) is 14.3 Å². The maximum Gasteiger partial charge on any atom is 0.246 e. The van der Waals surface area contributed by atoms with Crippen molar-refractivity contribution < 1.29 is 14.3 Å². The van der Waals surface area contributed by atoms with Gasteiger partial charge in [-0.2, -0.15) is 0 Å². The number of nitrogens with zero attached hydrogens (tertiary/aromatic N) is 1. The summed E-state index contributed by atoms with van der Waals surface area (Å²) in [6.07, 6.45) is 1.98. The van der Waals surface area contributed by atoms with E-state index in [0.29, 0.717) is 6.61 Å². The minimum atomic E-state index is -0.261. The molecule has 0 aliphatic carbocycles. The fourth-order valence-corrected chi connectivity index (χ4v) is 1.85. The summed E-state index contributed by atoms with van der Waals surface area (Å²) < 4.78 is 5.52. The molecule has 0 bridgehead atoms. The first-order valence-electron chi connectivity index (χ1n) is 5.65. The Kier molecular flexibility index (Phi) is 4.28. The maximum atomic E-state index is 11.6. The van der Waals surface area contributed by atoms with Crippen LogP contribution in [0.1, 0.15) is 20.3 Å². The highest BCUT2D eigenvalue weighted by Gasteiger charge is 2.32. The summed E-state index contributed by atoms with van der Waals surface area (Å²) in [7, 11) is 1.57. The van der Waals surface area contributed by atoms with Gasteiger partial charge < -0.3 is 15.0 Å². The highest BCUT2D eigenvalue weighted by molar-refractivity contribution is 5.90. The van der Waals surface area contributed by atoms with Gasteiger partial charge >= 0.3 is 0 Å². The molecule has 1 unspecified atom stereocenters. The summed E-state index contributed by atoms with van der Waals surface area (Å²) in [4.78, 5) is 24.2. The molecule has 1 saturated heterocycles. The quantitative estimate of drug-likeness (QED) is 0.720. The molecule has 1 fully saturated rings. The average Bonchev–Trinajstić information content (AvgIpc) is 2.56. The van der Waals surface area contributed by atoms with E-state index in [1.165, 1.54) is 11.0 Å². The molecule has 17 heavy (non-hydrogen) atoms. The first-order chi connectivity index (χ1) is 7.84. The van der Waals surface area contributed by atoms with Crippen LogP contribution in [0.3, 0.4) is 0 Å². The zero-order valence-corrected chi connectivity index (χ0v) is 10.7. The predicted octanol–water partition coefficient (Wildman–Crippen LogP) is 0.314. The fraction of sp³-hybridized carbons (Fsp3) is 0.667. The summed E-state index contributed by atoms with van der Waals surface area (Å²) in [6, 6.07) is 0.0322. The van der Waals surface area contributed by atoms with Crippen molar-refractivity contribution in [1.82, 2.24) is 10.2 Å². The Morgan fingerprint density at radius 1 is 1.59 bits per heavy atom. The number of ether oxygens (including phenoxy) is 1. The SMILES string of the molecule is C=CC(=O)N(C)CC(=O)NC1COC(C)(C)C1. The van der Waals surface area contributed by atoms with Crippen LogP contribution in [0.5, 0.6) is 0 Å². The first-order valence-corrected chi connectivity index (χ1v) is 5.65. The van der Waals surface area contributed by atoms with Crippen LogP contribution in [0.4, 0.5) is 0 Å². The molecule has 1 heterocycles. The second kappa shape index (κ2) is 5.31. The van der Waals surface area contributed by atoms with E-state index < -0.39 is 0 Å². The Bertz CT molecular complexity index is 326. The van der Waals surface area contributed by atoms with Crippen LogP contribution in [0, 0.1) is 0 Å². The van der Waals surface area contributed by atoms with Crippen molar-refractivity contribution in [1.29, 1.82) is 0 Å². The second-order valence-corrected chi connectivity index (χ2v) is 4.94. The number of carbonyl (C=O) groups is 2. The summed E-state index contributed by atoms with van der Waals surface area (Å²) in [5, 5.41) is 2.85. The number of carbonyl (C=O) groups excluding carboxylic acids is 2. The van der Waals surface area contributed by atoms with Crippen LogP contribution >= 0.6 is 0 Å². The van der Waals surface area contributed by atoms with Gasteiger partial charge in [-0.1, -0.05) is 6.58 Å². The Hall–Kier alpha value is -1.36. The molecule has 0 radical (unpaired) electrons. The number of rotatable bonds is 4. The van der Waals surface area contributed by atoms with Crippen molar-refractivity contribution in [3.63, 3.8) is 0 Å². The molecule has 0 saturated carbocycles. The largest absolute Gasteiger partial charge is 0.373 e. The molecule has 1 N–H and O–H groups in total. The van der Waals surface area contributed by atoms with Crippen molar-refractivity contribution >= 4 is 11.8 Å². The molecule has 5 heteroatoms. The van der Waals surface area contributed by atoms with Crippen molar-refractivity contribution in [2.75, 3.05) is 20.2 Å². The highest BCUT2D eigenvalue weighted by atomic mass is 16.5. The topological polar surface area (TPSA) is 58.6 Å². The summed E-state index contributed by atoms with van der Waals surface area (Å²) in [5.41, 5.74) is -0.180. The van der Waals surface area contributed by atoms with Gasteiger partial charge in [0.05, 0.1) is 24.8 Å². The monoisotopic (exact) mass is 240 g/mol. The molecular formula is C12H20N2O3. The van der Waals surface area contributed by atoms with E-state index in [0.717, 1.165) is 6.42 Å². The van der Waals surface area contributed by atoms with Crippen molar-refractivity contribution in [2.45, 2.75) is 31.9 Å².